The molecule has 0 saturated heterocycles. The Morgan fingerprint density at radius 1 is 1.24 bits per heavy atom. The molecule has 5 rings (SSSR count). The molecule has 2 fully saturated rings. The molecule has 0 aliphatic heterocycles. The number of hydrogen-bond acceptors (Lipinski definition) is 7. The molecule has 0 atom stereocenters. The van der Waals surface area contributed by atoms with Gasteiger partial charge in [0.15, 0.2) is 11.1 Å². The smallest absolute Gasteiger partial charge is 0.326 e. The number of nitrogens with two attached hydrogens (primary N) is 1. The van der Waals surface area contributed by atoms with Gasteiger partial charge in [-0.3, -0.25) is 9.98 Å². The predicted octanol–water partition coefficient (Wildman–Crippen LogP) is -0.256. The second kappa shape index (κ2) is 7.03. The number of nitrogens with one attached hydrogen (secondary N) is 3. The zero-order valence-electron chi connectivity index (χ0n) is 15.9. The minimum Gasteiger partial charge on any atom is -0.493 e. The van der Waals surface area contributed by atoms with Crippen molar-refractivity contribution in [1.29, 1.82) is 0 Å². The zero-order chi connectivity index (χ0) is 20.0. The Labute approximate surface area is 165 Å². The molecule has 0 aromatic carbocycles. The maximum atomic E-state index is 11.4. The van der Waals surface area contributed by atoms with Crippen LogP contribution in [0.1, 0.15) is 44.2 Å². The van der Waals surface area contributed by atoms with Crippen molar-refractivity contribution in [3.8, 4) is 5.88 Å². The van der Waals surface area contributed by atoms with Crippen LogP contribution in [0.5, 0.6) is 5.88 Å². The molecule has 152 valence electrons. The Hall–Kier alpha value is -3.14. The highest BCUT2D eigenvalue weighted by atomic mass is 16.3. The van der Waals surface area contributed by atoms with Crippen molar-refractivity contribution in [3.63, 3.8) is 0 Å². The van der Waals surface area contributed by atoms with Crippen LogP contribution in [0.4, 0.5) is 5.82 Å². The van der Waals surface area contributed by atoms with Gasteiger partial charge >= 0.3 is 5.69 Å². The van der Waals surface area contributed by atoms with Crippen molar-refractivity contribution < 1.29 is 5.11 Å². The second-order valence-corrected chi connectivity index (χ2v) is 7.94. The highest BCUT2D eigenvalue weighted by molar-refractivity contribution is 5.58. The van der Waals surface area contributed by atoms with Crippen molar-refractivity contribution in [1.82, 2.24) is 24.6 Å². The van der Waals surface area contributed by atoms with Crippen molar-refractivity contribution in [2.45, 2.75) is 56.7 Å². The molecule has 2 saturated carbocycles. The fraction of sp³-hybridized carbons (Fsp3) is 0.474. The molecule has 10 heteroatoms. The van der Waals surface area contributed by atoms with E-state index in [4.69, 9.17) is 15.7 Å². The first-order chi connectivity index (χ1) is 14.0. The van der Waals surface area contributed by atoms with Gasteiger partial charge < -0.3 is 21.1 Å². The van der Waals surface area contributed by atoms with Gasteiger partial charge in [0.2, 0.25) is 5.88 Å². The number of anilines is 1. The summed E-state index contributed by atoms with van der Waals surface area (Å²) in [5, 5.41) is 18.5. The van der Waals surface area contributed by atoms with Gasteiger partial charge in [-0.15, -0.1) is 0 Å². The first kappa shape index (κ1) is 17.9. The van der Waals surface area contributed by atoms with Crippen LogP contribution in [0.25, 0.3) is 11.7 Å². The number of H-pyrrole nitrogens is 2. The minimum absolute atomic E-state index is 0.218. The van der Waals surface area contributed by atoms with Gasteiger partial charge in [0.1, 0.15) is 11.5 Å². The number of imidazole rings is 1. The van der Waals surface area contributed by atoms with Crippen molar-refractivity contribution >= 4 is 17.5 Å². The van der Waals surface area contributed by atoms with Gasteiger partial charge in [0.25, 0.3) is 0 Å². The summed E-state index contributed by atoms with van der Waals surface area (Å²) in [6.07, 6.45) is 9.52. The lowest BCUT2D eigenvalue weighted by molar-refractivity contribution is 0.410. The van der Waals surface area contributed by atoms with Gasteiger partial charge in [-0.25, -0.2) is 9.78 Å². The van der Waals surface area contributed by atoms with E-state index in [0.717, 1.165) is 49.8 Å². The summed E-state index contributed by atoms with van der Waals surface area (Å²) in [5.41, 5.74) is 7.20. The Balaban J connectivity index is 1.59. The third-order valence-corrected chi connectivity index (χ3v) is 5.50. The largest absolute Gasteiger partial charge is 0.493 e. The van der Waals surface area contributed by atoms with Gasteiger partial charge in [0, 0.05) is 23.4 Å². The summed E-state index contributed by atoms with van der Waals surface area (Å²) >= 11 is 0. The lowest BCUT2D eigenvalue weighted by Gasteiger charge is -2.27. The van der Waals surface area contributed by atoms with Crippen LogP contribution in [-0.2, 0) is 0 Å². The summed E-state index contributed by atoms with van der Waals surface area (Å²) in [6.45, 7) is 0. The summed E-state index contributed by atoms with van der Waals surface area (Å²) in [7, 11) is 0. The molecule has 2 aliphatic carbocycles. The Morgan fingerprint density at radius 3 is 2.72 bits per heavy atom. The Bertz CT molecular complexity index is 1210. The lowest BCUT2D eigenvalue weighted by Crippen LogP contribution is -2.33. The van der Waals surface area contributed by atoms with Gasteiger partial charge in [0.05, 0.1) is 12.2 Å². The number of aromatic hydroxyl groups is 1. The van der Waals surface area contributed by atoms with Crippen molar-refractivity contribution in [2.75, 3.05) is 5.32 Å². The summed E-state index contributed by atoms with van der Waals surface area (Å²) in [5.74, 6) is 0.532. The fourth-order valence-corrected chi connectivity index (χ4v) is 3.74. The topological polar surface area (TPSA) is 149 Å². The average molecular weight is 396 g/mol. The van der Waals surface area contributed by atoms with E-state index in [-0.39, 0.29) is 17.6 Å². The number of rotatable bonds is 4. The van der Waals surface area contributed by atoms with Crippen LogP contribution in [0.3, 0.4) is 0 Å². The first-order valence-electron chi connectivity index (χ1n) is 10.0. The maximum absolute atomic E-state index is 11.4. The van der Waals surface area contributed by atoms with E-state index in [1.165, 1.54) is 0 Å². The third-order valence-electron chi connectivity index (χ3n) is 5.50. The van der Waals surface area contributed by atoms with E-state index in [1.807, 2.05) is 6.07 Å². The van der Waals surface area contributed by atoms with Crippen LogP contribution in [0.15, 0.2) is 22.1 Å². The highest BCUT2D eigenvalue weighted by Crippen LogP contribution is 2.23. The Morgan fingerprint density at radius 2 is 2.03 bits per heavy atom. The van der Waals surface area contributed by atoms with Crippen molar-refractivity contribution in [2.24, 2.45) is 10.7 Å². The molecule has 0 bridgehead atoms. The normalized spacial score (nSPS) is 23.8. The minimum atomic E-state index is -0.472. The molecular weight excluding hydrogens is 372 g/mol. The molecule has 3 aromatic rings. The van der Waals surface area contributed by atoms with Crippen LogP contribution >= 0.6 is 0 Å². The molecule has 2 aliphatic rings. The lowest BCUT2D eigenvalue weighted by atomic mass is 9.92. The number of nitrogens with zero attached hydrogens (tertiary/aromatic N) is 4. The highest BCUT2D eigenvalue weighted by Gasteiger charge is 2.21. The van der Waals surface area contributed by atoms with E-state index >= 15 is 0 Å². The molecule has 29 heavy (non-hydrogen) atoms. The standard InChI is InChI=1S/C19H24N8O2/c20-11-1-3-12(4-2-11)22-15-8-16(23-13-5-6-13)27-17(25-15)10(9-21-27)7-14-18(28)26-19(29)24-14/h7-9,11-13,22,28H,1-6,20H2,(H2,24,26,29)/b10-7+,23-16?. The van der Waals surface area contributed by atoms with E-state index in [1.54, 1.807) is 16.8 Å². The quantitative estimate of drug-likeness (QED) is 0.410. The van der Waals surface area contributed by atoms with E-state index in [2.05, 4.69) is 20.4 Å². The average Bonchev–Trinajstić information content (AvgIpc) is 3.33. The van der Waals surface area contributed by atoms with Gasteiger partial charge in [-0.2, -0.15) is 9.61 Å². The summed E-state index contributed by atoms with van der Waals surface area (Å²) < 4.78 is 1.70. The van der Waals surface area contributed by atoms with Crippen LogP contribution < -0.4 is 27.4 Å². The molecule has 3 heterocycles. The number of hydrogen-bond donors (Lipinski definition) is 5. The van der Waals surface area contributed by atoms with Crippen LogP contribution in [-0.4, -0.2) is 47.8 Å². The second-order valence-electron chi connectivity index (χ2n) is 7.94. The van der Waals surface area contributed by atoms with Gasteiger partial charge in [-0.1, -0.05) is 0 Å². The van der Waals surface area contributed by atoms with Crippen LogP contribution in [0, 0.1) is 0 Å². The summed E-state index contributed by atoms with van der Waals surface area (Å²) in [4.78, 5) is 25.8. The molecule has 3 aromatic heterocycles. The van der Waals surface area contributed by atoms with Gasteiger partial charge in [-0.05, 0) is 44.6 Å². The van der Waals surface area contributed by atoms with Crippen molar-refractivity contribution in [3.05, 3.63) is 39.1 Å². The first-order valence-corrected chi connectivity index (χ1v) is 10.0. The molecule has 6 N–H and O–H groups in total. The SMILES string of the molecule is NC1CCC(Nc2cc(=NC3CC3)n3nc/c(=C\c4[nH]c(=O)[nH]c4O)c3n2)CC1. The Kier molecular flexibility index (Phi) is 4.35. The van der Waals surface area contributed by atoms with E-state index < -0.39 is 5.69 Å². The van der Waals surface area contributed by atoms with Crippen LogP contribution in [0.2, 0.25) is 0 Å². The number of aromatic nitrogens is 5. The fourth-order valence-electron chi connectivity index (χ4n) is 3.74. The number of fused-ring (bicyclic) bond motifs is 1. The molecule has 0 spiro atoms. The predicted molar refractivity (Wildman–Crippen MR) is 107 cm³/mol. The molecule has 10 nitrogen and oxygen atoms in total. The number of aromatic amines is 2. The molecule has 0 unspecified atom stereocenters. The third kappa shape index (κ3) is 3.75. The molecule has 0 radical (unpaired) electrons. The summed E-state index contributed by atoms with van der Waals surface area (Å²) in [6, 6.07) is 2.89. The van der Waals surface area contributed by atoms with E-state index in [0.29, 0.717) is 22.9 Å². The zero-order valence-corrected chi connectivity index (χ0v) is 15.9. The molecular formula is C19H24N8O2. The monoisotopic (exact) mass is 396 g/mol. The van der Waals surface area contributed by atoms with E-state index in [9.17, 15) is 9.90 Å². The molecule has 0 amide bonds. The maximum Gasteiger partial charge on any atom is 0.326 e.